The van der Waals surface area contributed by atoms with E-state index in [4.69, 9.17) is 4.74 Å². The second kappa shape index (κ2) is 6.88. The third-order valence-electron chi connectivity index (χ3n) is 2.57. The minimum atomic E-state index is 0.889. The van der Waals surface area contributed by atoms with E-state index in [1.807, 2.05) is 18.3 Å². The van der Waals surface area contributed by atoms with E-state index in [9.17, 15) is 0 Å². The molecule has 2 heterocycles. The molecular formula is C13H18N4O. The van der Waals surface area contributed by atoms with Crippen LogP contribution < -0.4 is 5.32 Å². The minimum Gasteiger partial charge on any atom is -0.379 e. The summed E-state index contributed by atoms with van der Waals surface area (Å²) < 4.78 is 6.74. The number of rotatable bonds is 1. The first-order valence-corrected chi connectivity index (χ1v) is 6.08. The van der Waals surface area contributed by atoms with E-state index in [0.29, 0.717) is 0 Å². The number of nitrogens with one attached hydrogen (secondary N) is 1. The lowest BCUT2D eigenvalue weighted by Gasteiger charge is -2.10. The topological polar surface area (TPSA) is 52.0 Å². The van der Waals surface area contributed by atoms with Crippen molar-refractivity contribution in [1.29, 1.82) is 0 Å². The van der Waals surface area contributed by atoms with Crippen molar-refractivity contribution in [3.05, 3.63) is 42.2 Å². The number of aromatic nitrogens is 3. The van der Waals surface area contributed by atoms with E-state index in [-0.39, 0.29) is 0 Å². The summed E-state index contributed by atoms with van der Waals surface area (Å²) in [4.78, 5) is 0. The maximum atomic E-state index is 5.01. The average molecular weight is 246 g/mol. The third kappa shape index (κ3) is 3.94. The maximum absolute atomic E-state index is 5.01. The van der Waals surface area contributed by atoms with Gasteiger partial charge in [0.2, 0.25) is 0 Å². The van der Waals surface area contributed by atoms with Crippen LogP contribution in [0.3, 0.4) is 0 Å². The van der Waals surface area contributed by atoms with Gasteiger partial charge in [-0.25, -0.2) is 4.68 Å². The fourth-order valence-corrected chi connectivity index (χ4v) is 1.56. The highest BCUT2D eigenvalue weighted by Gasteiger charge is 1.94. The standard InChI is InChI=1S/C9H9N3.C4H9NO/c1-8-2-4-9(5-3-8)12-7-6-10-11-12;1-3-6-4-2-5-1/h2-7H,1H3;5H,1-4H2. The molecule has 0 aliphatic carbocycles. The molecular weight excluding hydrogens is 228 g/mol. The molecule has 1 aromatic heterocycles. The van der Waals surface area contributed by atoms with Gasteiger partial charge in [-0.2, -0.15) is 0 Å². The summed E-state index contributed by atoms with van der Waals surface area (Å²) in [6.45, 7) is 5.89. The first kappa shape index (κ1) is 12.7. The summed E-state index contributed by atoms with van der Waals surface area (Å²) in [5, 5.41) is 10.8. The van der Waals surface area contributed by atoms with Crippen molar-refractivity contribution >= 4 is 0 Å². The monoisotopic (exact) mass is 246 g/mol. The minimum absolute atomic E-state index is 0.889. The SMILES string of the molecule is C1COCCN1.Cc1ccc(-n2ccnn2)cc1. The Morgan fingerprint density at radius 2 is 1.89 bits per heavy atom. The smallest absolute Gasteiger partial charge is 0.0697 e. The van der Waals surface area contributed by atoms with Crippen LogP contribution >= 0.6 is 0 Å². The predicted molar refractivity (Wildman–Crippen MR) is 69.8 cm³/mol. The van der Waals surface area contributed by atoms with E-state index < -0.39 is 0 Å². The highest BCUT2D eigenvalue weighted by molar-refractivity contribution is 5.32. The van der Waals surface area contributed by atoms with E-state index in [0.717, 1.165) is 32.0 Å². The molecule has 96 valence electrons. The highest BCUT2D eigenvalue weighted by atomic mass is 16.5. The Morgan fingerprint density at radius 1 is 1.17 bits per heavy atom. The van der Waals surface area contributed by atoms with E-state index >= 15 is 0 Å². The second-order valence-electron chi connectivity index (χ2n) is 4.05. The summed E-state index contributed by atoms with van der Waals surface area (Å²) in [6, 6.07) is 8.14. The van der Waals surface area contributed by atoms with Gasteiger partial charge in [0.25, 0.3) is 0 Å². The van der Waals surface area contributed by atoms with Crippen LogP contribution in [-0.4, -0.2) is 41.3 Å². The van der Waals surface area contributed by atoms with Crippen molar-refractivity contribution in [1.82, 2.24) is 20.3 Å². The molecule has 1 N–H and O–H groups in total. The lowest BCUT2D eigenvalue weighted by atomic mass is 10.2. The molecule has 1 saturated heterocycles. The van der Waals surface area contributed by atoms with Crippen molar-refractivity contribution in [2.45, 2.75) is 6.92 Å². The zero-order valence-electron chi connectivity index (χ0n) is 10.5. The highest BCUT2D eigenvalue weighted by Crippen LogP contribution is 2.06. The van der Waals surface area contributed by atoms with Gasteiger partial charge in [0.15, 0.2) is 0 Å². The molecule has 0 atom stereocenters. The molecule has 1 aromatic carbocycles. The summed E-state index contributed by atoms with van der Waals surface area (Å²) in [5.74, 6) is 0. The Hall–Kier alpha value is -1.72. The van der Waals surface area contributed by atoms with Gasteiger partial charge in [0.05, 0.1) is 31.3 Å². The Bertz CT molecular complexity index is 423. The number of benzene rings is 1. The zero-order chi connectivity index (χ0) is 12.6. The van der Waals surface area contributed by atoms with Gasteiger partial charge in [-0.05, 0) is 19.1 Å². The van der Waals surface area contributed by atoms with E-state index in [2.05, 4.69) is 34.7 Å². The number of hydrogen-bond acceptors (Lipinski definition) is 4. The van der Waals surface area contributed by atoms with Crippen LogP contribution in [0.2, 0.25) is 0 Å². The molecule has 0 saturated carbocycles. The molecule has 0 amide bonds. The van der Waals surface area contributed by atoms with Crippen LogP contribution in [-0.2, 0) is 4.74 Å². The maximum Gasteiger partial charge on any atom is 0.0697 e. The molecule has 0 bridgehead atoms. The van der Waals surface area contributed by atoms with Crippen LogP contribution in [0.15, 0.2) is 36.7 Å². The Labute approximate surface area is 107 Å². The fraction of sp³-hybridized carbons (Fsp3) is 0.385. The lowest BCUT2D eigenvalue weighted by molar-refractivity contribution is 0.109. The largest absolute Gasteiger partial charge is 0.379 e. The number of nitrogens with zero attached hydrogens (tertiary/aromatic N) is 3. The van der Waals surface area contributed by atoms with Gasteiger partial charge in [-0.1, -0.05) is 22.9 Å². The third-order valence-corrected chi connectivity index (χ3v) is 2.57. The summed E-state index contributed by atoms with van der Waals surface area (Å²) in [5.41, 5.74) is 2.29. The van der Waals surface area contributed by atoms with Crippen LogP contribution in [0.1, 0.15) is 5.56 Å². The van der Waals surface area contributed by atoms with Gasteiger partial charge < -0.3 is 10.1 Å². The Kier molecular flexibility index (Phi) is 4.87. The van der Waals surface area contributed by atoms with Gasteiger partial charge in [0.1, 0.15) is 0 Å². The summed E-state index contributed by atoms with van der Waals surface area (Å²) in [6.07, 6.45) is 3.49. The van der Waals surface area contributed by atoms with Gasteiger partial charge >= 0.3 is 0 Å². The lowest BCUT2D eigenvalue weighted by Crippen LogP contribution is -2.30. The normalized spacial score (nSPS) is 14.7. The van der Waals surface area contributed by atoms with E-state index in [1.54, 1.807) is 10.9 Å². The van der Waals surface area contributed by atoms with E-state index in [1.165, 1.54) is 5.56 Å². The number of ether oxygens (including phenoxy) is 1. The molecule has 1 aliphatic rings. The average Bonchev–Trinajstić information content (AvgIpc) is 2.96. The molecule has 3 rings (SSSR count). The van der Waals surface area contributed by atoms with Gasteiger partial charge in [0, 0.05) is 13.1 Å². The molecule has 0 unspecified atom stereocenters. The van der Waals surface area contributed by atoms with Crippen molar-refractivity contribution in [2.75, 3.05) is 26.3 Å². The van der Waals surface area contributed by atoms with Crippen LogP contribution in [0.25, 0.3) is 5.69 Å². The molecule has 1 aliphatic heterocycles. The molecule has 18 heavy (non-hydrogen) atoms. The molecule has 2 aromatic rings. The van der Waals surface area contributed by atoms with Crippen molar-refractivity contribution in [3.63, 3.8) is 0 Å². The summed E-state index contributed by atoms with van der Waals surface area (Å²) >= 11 is 0. The molecule has 1 fully saturated rings. The molecule has 0 radical (unpaired) electrons. The van der Waals surface area contributed by atoms with Crippen LogP contribution in [0, 0.1) is 6.92 Å². The Morgan fingerprint density at radius 3 is 2.33 bits per heavy atom. The second-order valence-corrected chi connectivity index (χ2v) is 4.05. The van der Waals surface area contributed by atoms with Crippen LogP contribution in [0.4, 0.5) is 0 Å². The van der Waals surface area contributed by atoms with Crippen molar-refractivity contribution < 1.29 is 4.74 Å². The molecule has 5 heteroatoms. The molecule has 5 nitrogen and oxygen atoms in total. The number of morpholine rings is 1. The number of aryl methyl sites for hydroxylation is 1. The number of hydrogen-bond donors (Lipinski definition) is 1. The van der Waals surface area contributed by atoms with Crippen molar-refractivity contribution in [3.8, 4) is 5.69 Å². The Balaban J connectivity index is 0.000000169. The quantitative estimate of drug-likeness (QED) is 0.821. The zero-order valence-corrected chi connectivity index (χ0v) is 10.5. The predicted octanol–water partition coefficient (Wildman–Crippen LogP) is 1.18. The van der Waals surface area contributed by atoms with Crippen LogP contribution in [0.5, 0.6) is 0 Å². The molecule has 0 spiro atoms. The van der Waals surface area contributed by atoms with Gasteiger partial charge in [-0.15, -0.1) is 5.10 Å². The fourth-order valence-electron chi connectivity index (χ4n) is 1.56. The van der Waals surface area contributed by atoms with Crippen molar-refractivity contribution in [2.24, 2.45) is 0 Å². The summed E-state index contributed by atoms with van der Waals surface area (Å²) in [7, 11) is 0. The first-order chi connectivity index (χ1) is 8.86. The van der Waals surface area contributed by atoms with Gasteiger partial charge in [-0.3, -0.25) is 0 Å². The first-order valence-electron chi connectivity index (χ1n) is 6.08.